The van der Waals surface area contributed by atoms with Gasteiger partial charge in [-0.2, -0.15) is 5.10 Å². The highest BCUT2D eigenvalue weighted by Gasteiger charge is 2.17. The zero-order chi connectivity index (χ0) is 20.6. The maximum atomic E-state index is 12.1. The first-order valence-corrected chi connectivity index (χ1v) is 10.0. The first-order chi connectivity index (χ1) is 13.8. The lowest BCUT2D eigenvalue weighted by atomic mass is 10.1. The Hall–Kier alpha value is -3.26. The van der Waals surface area contributed by atoms with Crippen molar-refractivity contribution in [3.05, 3.63) is 48.2 Å². The number of anilines is 1. The van der Waals surface area contributed by atoms with Crippen molar-refractivity contribution in [3.63, 3.8) is 0 Å². The van der Waals surface area contributed by atoms with Crippen LogP contribution in [0.15, 0.2) is 48.2 Å². The molecule has 0 aromatic carbocycles. The summed E-state index contributed by atoms with van der Waals surface area (Å²) in [5, 5.41) is 8.98. The van der Waals surface area contributed by atoms with Crippen LogP contribution < -0.4 is 5.32 Å². The minimum atomic E-state index is -0.572. The fourth-order valence-electron chi connectivity index (χ4n) is 2.91. The Labute approximate surface area is 172 Å². The topological polar surface area (TPSA) is 81.9 Å². The normalized spacial score (nSPS) is 11.6. The van der Waals surface area contributed by atoms with Crippen LogP contribution in [-0.4, -0.2) is 31.4 Å². The number of amides is 1. The van der Waals surface area contributed by atoms with E-state index >= 15 is 0 Å². The molecule has 0 radical (unpaired) electrons. The lowest BCUT2D eigenvalue weighted by Crippen LogP contribution is -2.27. The van der Waals surface area contributed by atoms with Gasteiger partial charge in [0.2, 0.25) is 0 Å². The van der Waals surface area contributed by atoms with Crippen molar-refractivity contribution in [2.75, 3.05) is 5.32 Å². The minimum absolute atomic E-state index is 0.430. The third-order valence-electron chi connectivity index (χ3n) is 4.12. The molecule has 4 rings (SSSR count). The molecule has 4 heterocycles. The highest BCUT2D eigenvalue weighted by molar-refractivity contribution is 7.17. The zero-order valence-corrected chi connectivity index (χ0v) is 17.4. The number of fused-ring (bicyclic) bond motifs is 1. The summed E-state index contributed by atoms with van der Waals surface area (Å²) in [6, 6.07) is 7.80. The van der Waals surface area contributed by atoms with E-state index < -0.39 is 11.7 Å². The van der Waals surface area contributed by atoms with Crippen LogP contribution in [0.2, 0.25) is 0 Å². The van der Waals surface area contributed by atoms with Crippen LogP contribution in [0.25, 0.3) is 32.6 Å². The molecule has 0 saturated carbocycles. The van der Waals surface area contributed by atoms with Gasteiger partial charge in [0, 0.05) is 35.9 Å². The SMILES string of the molecule is Cn1cc(-c2ccc3scc(-c4ccnc(NC(=O)OC(C)(C)C)c4)c3n2)cn1. The monoisotopic (exact) mass is 407 g/mol. The standard InChI is InChI=1S/C21H21N5O2S/c1-21(2,3)28-20(27)25-18-9-13(7-8-22-18)15-12-29-17-6-5-16(24-19(15)17)14-10-23-26(4)11-14/h5-12H,1-4H3,(H,22,25,27). The Kier molecular flexibility index (Phi) is 4.79. The molecule has 0 atom stereocenters. The number of nitrogens with zero attached hydrogens (tertiary/aromatic N) is 4. The summed E-state index contributed by atoms with van der Waals surface area (Å²) in [7, 11) is 1.88. The number of hydrogen-bond acceptors (Lipinski definition) is 6. The molecule has 0 spiro atoms. The lowest BCUT2D eigenvalue weighted by Gasteiger charge is -2.19. The van der Waals surface area contributed by atoms with Gasteiger partial charge in [0.25, 0.3) is 0 Å². The molecule has 8 heteroatoms. The van der Waals surface area contributed by atoms with Crippen LogP contribution in [0, 0.1) is 0 Å². The van der Waals surface area contributed by atoms with Gasteiger partial charge in [-0.05, 0) is 50.6 Å². The molecule has 0 aliphatic carbocycles. The molecule has 1 N–H and O–H groups in total. The summed E-state index contributed by atoms with van der Waals surface area (Å²) in [6.45, 7) is 5.46. The zero-order valence-electron chi connectivity index (χ0n) is 16.6. The summed E-state index contributed by atoms with van der Waals surface area (Å²) in [5.74, 6) is 0.430. The molecule has 0 bridgehead atoms. The van der Waals surface area contributed by atoms with Gasteiger partial charge in [0.05, 0.1) is 22.1 Å². The van der Waals surface area contributed by atoms with E-state index in [1.54, 1.807) is 28.4 Å². The van der Waals surface area contributed by atoms with Crippen molar-refractivity contribution in [3.8, 4) is 22.4 Å². The van der Waals surface area contributed by atoms with Crippen molar-refractivity contribution in [2.24, 2.45) is 7.05 Å². The number of carbonyl (C=O) groups excluding carboxylic acids is 1. The number of thiophene rings is 1. The van der Waals surface area contributed by atoms with E-state index in [0.29, 0.717) is 5.82 Å². The van der Waals surface area contributed by atoms with E-state index in [1.165, 1.54) is 0 Å². The van der Waals surface area contributed by atoms with Crippen molar-refractivity contribution in [1.82, 2.24) is 19.7 Å². The van der Waals surface area contributed by atoms with Crippen LogP contribution in [0.3, 0.4) is 0 Å². The van der Waals surface area contributed by atoms with E-state index in [2.05, 4.69) is 26.8 Å². The average molecular weight is 407 g/mol. The van der Waals surface area contributed by atoms with Gasteiger partial charge in [0.1, 0.15) is 11.4 Å². The minimum Gasteiger partial charge on any atom is -0.444 e. The maximum absolute atomic E-state index is 12.1. The Morgan fingerprint density at radius 2 is 2.03 bits per heavy atom. The molecule has 148 valence electrons. The Morgan fingerprint density at radius 3 is 2.76 bits per heavy atom. The van der Waals surface area contributed by atoms with Gasteiger partial charge in [-0.1, -0.05) is 0 Å². The Balaban J connectivity index is 1.67. The second-order valence-corrected chi connectivity index (χ2v) is 8.56. The van der Waals surface area contributed by atoms with Gasteiger partial charge >= 0.3 is 6.09 Å². The number of ether oxygens (including phenoxy) is 1. The van der Waals surface area contributed by atoms with Crippen LogP contribution in [0.5, 0.6) is 0 Å². The van der Waals surface area contributed by atoms with Gasteiger partial charge in [-0.25, -0.2) is 14.8 Å². The molecule has 7 nitrogen and oxygen atoms in total. The third-order valence-corrected chi connectivity index (χ3v) is 5.05. The second-order valence-electron chi connectivity index (χ2n) is 7.65. The van der Waals surface area contributed by atoms with Crippen LogP contribution in [0.1, 0.15) is 20.8 Å². The summed E-state index contributed by atoms with van der Waals surface area (Å²) in [4.78, 5) is 21.1. The van der Waals surface area contributed by atoms with Gasteiger partial charge in [-0.15, -0.1) is 11.3 Å². The summed E-state index contributed by atoms with van der Waals surface area (Å²) >= 11 is 1.63. The highest BCUT2D eigenvalue weighted by atomic mass is 32.1. The maximum Gasteiger partial charge on any atom is 0.413 e. The van der Waals surface area contributed by atoms with Gasteiger partial charge in [-0.3, -0.25) is 10.00 Å². The molecular weight excluding hydrogens is 386 g/mol. The molecule has 0 saturated heterocycles. The van der Waals surface area contributed by atoms with Gasteiger partial charge < -0.3 is 4.74 Å². The molecule has 4 aromatic rings. The summed E-state index contributed by atoms with van der Waals surface area (Å²) in [6.07, 6.45) is 4.87. The molecule has 29 heavy (non-hydrogen) atoms. The molecule has 0 aliphatic rings. The number of aromatic nitrogens is 4. The third kappa shape index (κ3) is 4.27. The van der Waals surface area contributed by atoms with Crippen LogP contribution in [0.4, 0.5) is 10.6 Å². The van der Waals surface area contributed by atoms with E-state index in [9.17, 15) is 4.79 Å². The van der Waals surface area contributed by atoms with Crippen molar-refractivity contribution < 1.29 is 9.53 Å². The molecule has 1 amide bonds. The fraction of sp³-hybridized carbons (Fsp3) is 0.238. The van der Waals surface area contributed by atoms with Crippen molar-refractivity contribution >= 4 is 33.5 Å². The average Bonchev–Trinajstić information content (AvgIpc) is 3.26. The van der Waals surface area contributed by atoms with Gasteiger partial charge in [0.15, 0.2) is 0 Å². The number of nitrogens with one attached hydrogen (secondary N) is 1. The second kappa shape index (κ2) is 7.29. The van der Waals surface area contributed by atoms with E-state index in [4.69, 9.17) is 9.72 Å². The predicted molar refractivity (Wildman–Crippen MR) is 115 cm³/mol. The van der Waals surface area contributed by atoms with Crippen molar-refractivity contribution in [1.29, 1.82) is 0 Å². The molecule has 0 unspecified atom stereocenters. The molecule has 4 aromatic heterocycles. The number of pyridine rings is 2. The first kappa shape index (κ1) is 19.1. The molecular formula is C21H21N5O2S. The quantitative estimate of drug-likeness (QED) is 0.511. The number of rotatable bonds is 3. The highest BCUT2D eigenvalue weighted by Crippen LogP contribution is 2.34. The predicted octanol–water partition coefficient (Wildman–Crippen LogP) is 5.11. The summed E-state index contributed by atoms with van der Waals surface area (Å²) < 4.78 is 8.15. The van der Waals surface area contributed by atoms with E-state index in [1.807, 2.05) is 52.2 Å². The van der Waals surface area contributed by atoms with Crippen LogP contribution >= 0.6 is 11.3 Å². The number of aryl methyl sites for hydroxylation is 1. The first-order valence-electron chi connectivity index (χ1n) is 9.12. The smallest absolute Gasteiger partial charge is 0.413 e. The largest absolute Gasteiger partial charge is 0.444 e. The molecule has 0 aliphatic heterocycles. The Morgan fingerprint density at radius 1 is 1.21 bits per heavy atom. The van der Waals surface area contributed by atoms with E-state index in [-0.39, 0.29) is 0 Å². The lowest BCUT2D eigenvalue weighted by molar-refractivity contribution is 0.0635. The number of hydrogen-bond donors (Lipinski definition) is 1. The van der Waals surface area contributed by atoms with E-state index in [0.717, 1.165) is 32.6 Å². The fourth-order valence-corrected chi connectivity index (χ4v) is 3.81. The van der Waals surface area contributed by atoms with Crippen LogP contribution in [-0.2, 0) is 11.8 Å². The number of carbonyl (C=O) groups is 1. The summed E-state index contributed by atoms with van der Waals surface area (Å²) in [5.41, 5.74) is 4.09. The Bertz CT molecular complexity index is 1190. The van der Waals surface area contributed by atoms with Crippen molar-refractivity contribution in [2.45, 2.75) is 26.4 Å². The molecule has 0 fully saturated rings.